The van der Waals surface area contributed by atoms with E-state index in [0.29, 0.717) is 0 Å². The zero-order chi connectivity index (χ0) is 22.9. The first-order valence-corrected chi connectivity index (χ1v) is 8.59. The number of hydrogen-bond donors (Lipinski definition) is 7. The minimum absolute atomic E-state index is 0.508. The third-order valence-electron chi connectivity index (χ3n) is 3.73. The van der Waals surface area contributed by atoms with Gasteiger partial charge in [-0.3, -0.25) is 24.0 Å². The standard InChI is InChI=1S/C16H26N4O9/c1-6(2)12(16(28)29)20-15(27)9(5-11(23)24)19-13(25)7(3)18-14(26)8(17)4-10(21)22/h6-9,12H,4-5,17H2,1-3H3,(H,18,26)(H,19,25)(H,20,27)(H,21,22)(H,23,24)(H,28,29). The summed E-state index contributed by atoms with van der Waals surface area (Å²) in [5.41, 5.74) is 5.37. The maximum absolute atomic E-state index is 12.3. The van der Waals surface area contributed by atoms with E-state index in [4.69, 9.17) is 21.1 Å². The molecule has 0 radical (unpaired) electrons. The number of aliphatic carboxylic acids is 3. The van der Waals surface area contributed by atoms with Crippen LogP contribution in [-0.4, -0.2) is 75.1 Å². The molecule has 3 amide bonds. The van der Waals surface area contributed by atoms with Gasteiger partial charge in [0.05, 0.1) is 18.9 Å². The fourth-order valence-corrected chi connectivity index (χ4v) is 2.11. The van der Waals surface area contributed by atoms with Crippen molar-refractivity contribution in [3.05, 3.63) is 0 Å². The monoisotopic (exact) mass is 418 g/mol. The maximum Gasteiger partial charge on any atom is 0.326 e. The van der Waals surface area contributed by atoms with E-state index in [-0.39, 0.29) is 0 Å². The number of hydrogen-bond acceptors (Lipinski definition) is 7. The maximum atomic E-state index is 12.3. The highest BCUT2D eigenvalue weighted by molar-refractivity contribution is 5.95. The normalized spacial score (nSPS) is 14.8. The summed E-state index contributed by atoms with van der Waals surface area (Å²) < 4.78 is 0. The van der Waals surface area contributed by atoms with E-state index in [1.165, 1.54) is 20.8 Å². The van der Waals surface area contributed by atoms with Crippen LogP contribution in [0.25, 0.3) is 0 Å². The lowest BCUT2D eigenvalue weighted by Gasteiger charge is -2.24. The third kappa shape index (κ3) is 9.51. The molecule has 29 heavy (non-hydrogen) atoms. The molecule has 0 aliphatic rings. The van der Waals surface area contributed by atoms with Crippen LogP contribution in [0.1, 0.15) is 33.6 Å². The van der Waals surface area contributed by atoms with Crippen LogP contribution in [0, 0.1) is 5.92 Å². The number of amides is 3. The van der Waals surface area contributed by atoms with Crippen molar-refractivity contribution in [3.8, 4) is 0 Å². The van der Waals surface area contributed by atoms with Crippen LogP contribution in [0.5, 0.6) is 0 Å². The van der Waals surface area contributed by atoms with Crippen LogP contribution >= 0.6 is 0 Å². The summed E-state index contributed by atoms with van der Waals surface area (Å²) in [6.45, 7) is 4.27. The first-order valence-electron chi connectivity index (χ1n) is 8.59. The molecule has 4 atom stereocenters. The lowest BCUT2D eigenvalue weighted by atomic mass is 10.0. The van der Waals surface area contributed by atoms with Crippen molar-refractivity contribution < 1.29 is 44.1 Å². The molecule has 0 saturated carbocycles. The molecule has 164 valence electrons. The average molecular weight is 418 g/mol. The summed E-state index contributed by atoms with van der Waals surface area (Å²) in [6, 6.07) is -5.59. The molecule has 8 N–H and O–H groups in total. The zero-order valence-corrected chi connectivity index (χ0v) is 16.2. The Morgan fingerprint density at radius 1 is 0.759 bits per heavy atom. The molecule has 4 unspecified atom stereocenters. The van der Waals surface area contributed by atoms with E-state index in [2.05, 4.69) is 16.0 Å². The van der Waals surface area contributed by atoms with Gasteiger partial charge in [-0.1, -0.05) is 13.8 Å². The first kappa shape index (κ1) is 25.8. The van der Waals surface area contributed by atoms with Gasteiger partial charge in [-0.25, -0.2) is 4.79 Å². The Bertz CT molecular complexity index is 665. The van der Waals surface area contributed by atoms with E-state index in [1.54, 1.807) is 0 Å². The van der Waals surface area contributed by atoms with Gasteiger partial charge in [0.1, 0.15) is 18.1 Å². The molecule has 0 aromatic rings. The molecule has 0 aromatic carbocycles. The fraction of sp³-hybridized carbons (Fsp3) is 0.625. The Morgan fingerprint density at radius 3 is 1.69 bits per heavy atom. The summed E-state index contributed by atoms with van der Waals surface area (Å²) in [7, 11) is 0. The second-order valence-electron chi connectivity index (χ2n) is 6.66. The van der Waals surface area contributed by atoms with Crippen molar-refractivity contribution in [2.75, 3.05) is 0 Å². The lowest BCUT2D eigenvalue weighted by Crippen LogP contribution is -2.57. The van der Waals surface area contributed by atoms with Gasteiger partial charge in [0.25, 0.3) is 0 Å². The van der Waals surface area contributed by atoms with Crippen LogP contribution < -0.4 is 21.7 Å². The van der Waals surface area contributed by atoms with E-state index in [0.717, 1.165) is 0 Å². The van der Waals surface area contributed by atoms with Gasteiger partial charge in [0.2, 0.25) is 17.7 Å². The highest BCUT2D eigenvalue weighted by atomic mass is 16.4. The quantitative estimate of drug-likeness (QED) is 0.176. The molecule has 0 saturated heterocycles. The van der Waals surface area contributed by atoms with Crippen molar-refractivity contribution in [1.29, 1.82) is 0 Å². The molecule has 0 heterocycles. The molecule has 0 bridgehead atoms. The molecule has 0 aromatic heterocycles. The van der Waals surface area contributed by atoms with Gasteiger partial charge in [-0.05, 0) is 12.8 Å². The highest BCUT2D eigenvalue weighted by Crippen LogP contribution is 2.04. The predicted octanol–water partition coefficient (Wildman–Crippen LogP) is -2.52. The van der Waals surface area contributed by atoms with Crippen molar-refractivity contribution in [2.45, 2.75) is 57.8 Å². The molecular formula is C16H26N4O9. The Hall–Kier alpha value is -3.22. The lowest BCUT2D eigenvalue weighted by molar-refractivity contribution is -0.144. The number of carboxylic acid groups (broad SMARTS) is 3. The smallest absolute Gasteiger partial charge is 0.326 e. The fourth-order valence-electron chi connectivity index (χ4n) is 2.11. The molecule has 13 heteroatoms. The molecule has 13 nitrogen and oxygen atoms in total. The molecule has 0 rings (SSSR count). The van der Waals surface area contributed by atoms with Crippen LogP contribution in [0.2, 0.25) is 0 Å². The molecule has 0 spiro atoms. The third-order valence-corrected chi connectivity index (χ3v) is 3.73. The zero-order valence-electron chi connectivity index (χ0n) is 16.2. The molecule has 0 aliphatic heterocycles. The SMILES string of the molecule is CC(NC(=O)C(N)CC(=O)O)C(=O)NC(CC(=O)O)C(=O)NC(C(=O)O)C(C)C. The Labute approximate surface area is 166 Å². The van der Waals surface area contributed by atoms with Crippen molar-refractivity contribution >= 4 is 35.6 Å². The predicted molar refractivity (Wildman–Crippen MR) is 96.4 cm³/mol. The van der Waals surface area contributed by atoms with Gasteiger partial charge in [-0.2, -0.15) is 0 Å². The highest BCUT2D eigenvalue weighted by Gasteiger charge is 2.31. The molecular weight excluding hydrogens is 392 g/mol. The Morgan fingerprint density at radius 2 is 1.28 bits per heavy atom. The van der Waals surface area contributed by atoms with E-state index in [1.807, 2.05) is 0 Å². The summed E-state index contributed by atoms with van der Waals surface area (Å²) in [5.74, 6) is -7.49. The number of carbonyl (C=O) groups excluding carboxylic acids is 3. The van der Waals surface area contributed by atoms with Crippen molar-refractivity contribution in [1.82, 2.24) is 16.0 Å². The van der Waals surface area contributed by atoms with Crippen LogP contribution in [0.15, 0.2) is 0 Å². The van der Waals surface area contributed by atoms with Gasteiger partial charge >= 0.3 is 17.9 Å². The first-order chi connectivity index (χ1) is 13.3. The van der Waals surface area contributed by atoms with Gasteiger partial charge in [0.15, 0.2) is 0 Å². The van der Waals surface area contributed by atoms with Crippen LogP contribution in [-0.2, 0) is 28.8 Å². The van der Waals surface area contributed by atoms with E-state index in [9.17, 15) is 28.8 Å². The van der Waals surface area contributed by atoms with Gasteiger partial charge < -0.3 is 37.0 Å². The summed E-state index contributed by atoms with van der Waals surface area (Å²) >= 11 is 0. The number of carbonyl (C=O) groups is 6. The van der Waals surface area contributed by atoms with E-state index >= 15 is 0 Å². The Balaban J connectivity index is 5.12. The van der Waals surface area contributed by atoms with Gasteiger partial charge in [-0.15, -0.1) is 0 Å². The van der Waals surface area contributed by atoms with Gasteiger partial charge in [0, 0.05) is 0 Å². The van der Waals surface area contributed by atoms with Crippen LogP contribution in [0.4, 0.5) is 0 Å². The van der Waals surface area contributed by atoms with Crippen molar-refractivity contribution in [2.24, 2.45) is 11.7 Å². The second kappa shape index (κ2) is 11.6. The average Bonchev–Trinajstić information content (AvgIpc) is 2.56. The Kier molecular flexibility index (Phi) is 10.3. The summed E-state index contributed by atoms with van der Waals surface area (Å²) in [5, 5.41) is 33.1. The molecule has 0 fully saturated rings. The van der Waals surface area contributed by atoms with E-state index < -0.39 is 78.6 Å². The van der Waals surface area contributed by atoms with Crippen LogP contribution in [0.3, 0.4) is 0 Å². The summed E-state index contributed by atoms with van der Waals surface area (Å²) in [6.07, 6.45) is -1.50. The summed E-state index contributed by atoms with van der Waals surface area (Å²) in [4.78, 5) is 69.0. The van der Waals surface area contributed by atoms with Crippen molar-refractivity contribution in [3.63, 3.8) is 0 Å². The number of nitrogens with two attached hydrogens (primary N) is 1. The number of carboxylic acids is 3. The minimum Gasteiger partial charge on any atom is -0.481 e. The number of nitrogens with one attached hydrogen (secondary N) is 3. The second-order valence-corrected chi connectivity index (χ2v) is 6.66. The largest absolute Gasteiger partial charge is 0.481 e. The number of rotatable bonds is 12. The minimum atomic E-state index is -1.60. The molecule has 0 aliphatic carbocycles. The topological polar surface area (TPSA) is 225 Å².